The van der Waals surface area contributed by atoms with Crippen LogP contribution in [0.1, 0.15) is 33.6 Å². The van der Waals surface area contributed by atoms with E-state index in [1.54, 1.807) is 0 Å². The van der Waals surface area contributed by atoms with Crippen molar-refractivity contribution in [1.29, 1.82) is 0 Å². The Balaban J connectivity index is 2.73. The molecule has 20 heavy (non-hydrogen) atoms. The van der Waals surface area contributed by atoms with Gasteiger partial charge in [0.25, 0.3) is 0 Å². The fourth-order valence-corrected chi connectivity index (χ4v) is 2.09. The molecule has 0 aliphatic rings. The van der Waals surface area contributed by atoms with Crippen molar-refractivity contribution < 1.29 is 4.74 Å². The maximum atomic E-state index is 5.50. The van der Waals surface area contributed by atoms with Gasteiger partial charge in [0.1, 0.15) is 0 Å². The molecule has 1 atom stereocenters. The Hall–Kier alpha value is -1.24. The zero-order valence-electron chi connectivity index (χ0n) is 12.8. The van der Waals surface area contributed by atoms with Gasteiger partial charge >= 0.3 is 6.01 Å². The molecule has 1 aromatic rings. The lowest BCUT2D eigenvalue weighted by atomic mass is 10.3. The van der Waals surface area contributed by atoms with E-state index in [0.717, 1.165) is 25.1 Å². The lowest BCUT2D eigenvalue weighted by Crippen LogP contribution is -2.19. The Bertz CT molecular complexity index is 391. The molecule has 0 aliphatic carbocycles. The number of nitrogens with one attached hydrogen (secondary N) is 2. The smallest absolute Gasteiger partial charge is 0.323 e. The van der Waals surface area contributed by atoms with Crippen LogP contribution in [0.4, 0.5) is 11.9 Å². The Morgan fingerprint density at radius 2 is 1.95 bits per heavy atom. The summed E-state index contributed by atoms with van der Waals surface area (Å²) in [5.74, 6) is 2.22. The molecule has 0 fully saturated rings. The number of anilines is 2. The van der Waals surface area contributed by atoms with Crippen LogP contribution in [0.15, 0.2) is 0 Å². The molecule has 0 radical (unpaired) electrons. The van der Waals surface area contributed by atoms with Gasteiger partial charge in [-0.15, -0.1) is 0 Å². The second-order valence-corrected chi connectivity index (χ2v) is 5.46. The van der Waals surface area contributed by atoms with Crippen LogP contribution in [0, 0.1) is 0 Å². The molecule has 0 amide bonds. The van der Waals surface area contributed by atoms with E-state index in [4.69, 9.17) is 4.74 Å². The van der Waals surface area contributed by atoms with Crippen molar-refractivity contribution in [3.05, 3.63) is 0 Å². The fourth-order valence-electron chi connectivity index (χ4n) is 1.50. The highest BCUT2D eigenvalue weighted by molar-refractivity contribution is 7.98. The number of aromatic nitrogens is 3. The normalized spacial score (nSPS) is 12.0. The molecule has 1 unspecified atom stereocenters. The second-order valence-electron chi connectivity index (χ2n) is 4.47. The van der Waals surface area contributed by atoms with Crippen molar-refractivity contribution >= 4 is 23.7 Å². The first-order chi connectivity index (χ1) is 9.69. The minimum Gasteiger partial charge on any atom is -0.463 e. The molecule has 1 aromatic heterocycles. The highest BCUT2D eigenvalue weighted by atomic mass is 32.2. The van der Waals surface area contributed by atoms with E-state index in [0.29, 0.717) is 30.6 Å². The summed E-state index contributed by atoms with van der Waals surface area (Å²) in [6.07, 6.45) is 4.10. The summed E-state index contributed by atoms with van der Waals surface area (Å²) in [4.78, 5) is 12.9. The summed E-state index contributed by atoms with van der Waals surface area (Å²) < 4.78 is 5.50. The number of rotatable bonds is 10. The number of nitrogens with zero attached hydrogens (tertiary/aromatic N) is 3. The van der Waals surface area contributed by atoms with Crippen molar-refractivity contribution in [3.8, 4) is 6.01 Å². The molecule has 2 N–H and O–H groups in total. The molecule has 7 heteroatoms. The summed E-state index contributed by atoms with van der Waals surface area (Å²) in [6, 6.07) is 0.690. The van der Waals surface area contributed by atoms with Gasteiger partial charge in [0.15, 0.2) is 0 Å². The first-order valence-corrected chi connectivity index (χ1v) is 8.47. The minimum atomic E-state index is 0.318. The van der Waals surface area contributed by atoms with E-state index in [2.05, 4.69) is 45.7 Å². The molecule has 114 valence electrons. The number of hydrogen-bond donors (Lipinski definition) is 2. The molecule has 0 aromatic carbocycles. The van der Waals surface area contributed by atoms with Gasteiger partial charge in [0, 0.05) is 12.6 Å². The Kier molecular flexibility index (Phi) is 8.10. The van der Waals surface area contributed by atoms with Gasteiger partial charge in [-0.25, -0.2) is 0 Å². The van der Waals surface area contributed by atoms with Crippen LogP contribution in [0.3, 0.4) is 0 Å². The van der Waals surface area contributed by atoms with E-state index < -0.39 is 0 Å². The van der Waals surface area contributed by atoms with Crippen molar-refractivity contribution in [2.45, 2.75) is 39.7 Å². The quantitative estimate of drug-likeness (QED) is 0.688. The fraction of sp³-hybridized carbons (Fsp3) is 0.769. The molecule has 0 bridgehead atoms. The topological polar surface area (TPSA) is 72.0 Å². The van der Waals surface area contributed by atoms with E-state index >= 15 is 0 Å². The lowest BCUT2D eigenvalue weighted by molar-refractivity contribution is 0.292. The van der Waals surface area contributed by atoms with E-state index in [1.165, 1.54) is 0 Å². The van der Waals surface area contributed by atoms with Gasteiger partial charge in [-0.05, 0) is 38.7 Å². The first-order valence-electron chi connectivity index (χ1n) is 7.07. The minimum absolute atomic E-state index is 0.318. The van der Waals surface area contributed by atoms with Gasteiger partial charge in [-0.1, -0.05) is 6.92 Å². The molecule has 0 spiro atoms. The van der Waals surface area contributed by atoms with Crippen LogP contribution in [0.25, 0.3) is 0 Å². The standard InChI is InChI=1S/C13H25N5OS/c1-5-8-19-13-17-11(14-6-2)16-12(18-13)15-10(3)7-9-20-4/h10H,5-9H2,1-4H3,(H2,14,15,16,17,18). The highest BCUT2D eigenvalue weighted by Gasteiger charge is 2.09. The predicted octanol–water partition coefficient (Wildman–Crippen LogP) is 2.65. The van der Waals surface area contributed by atoms with Crippen LogP contribution < -0.4 is 15.4 Å². The average molecular weight is 299 g/mol. The van der Waals surface area contributed by atoms with E-state index in [9.17, 15) is 0 Å². The largest absolute Gasteiger partial charge is 0.463 e. The van der Waals surface area contributed by atoms with Gasteiger partial charge in [0.2, 0.25) is 11.9 Å². The molecular formula is C13H25N5OS. The SMILES string of the molecule is CCCOc1nc(NCC)nc(NC(C)CCSC)n1. The molecule has 6 nitrogen and oxygen atoms in total. The van der Waals surface area contributed by atoms with Crippen LogP contribution in [0.2, 0.25) is 0 Å². The number of thioether (sulfide) groups is 1. The van der Waals surface area contributed by atoms with Gasteiger partial charge in [0.05, 0.1) is 6.61 Å². The predicted molar refractivity (Wildman–Crippen MR) is 85.9 cm³/mol. The highest BCUT2D eigenvalue weighted by Crippen LogP contribution is 2.13. The van der Waals surface area contributed by atoms with Gasteiger partial charge < -0.3 is 15.4 Å². The number of ether oxygens (including phenoxy) is 1. The monoisotopic (exact) mass is 299 g/mol. The van der Waals surface area contributed by atoms with Crippen molar-refractivity contribution in [1.82, 2.24) is 15.0 Å². The van der Waals surface area contributed by atoms with Gasteiger partial charge in [-0.3, -0.25) is 0 Å². The van der Waals surface area contributed by atoms with E-state index in [-0.39, 0.29) is 0 Å². The zero-order chi connectivity index (χ0) is 14.8. The molecule has 1 heterocycles. The maximum Gasteiger partial charge on any atom is 0.323 e. The van der Waals surface area contributed by atoms with Crippen molar-refractivity contribution in [2.75, 3.05) is 35.8 Å². The molecule has 1 rings (SSSR count). The Morgan fingerprint density at radius 3 is 2.60 bits per heavy atom. The summed E-state index contributed by atoms with van der Waals surface area (Å²) in [5, 5.41) is 6.39. The van der Waals surface area contributed by atoms with Crippen LogP contribution in [0.5, 0.6) is 6.01 Å². The Labute approximate surface area is 125 Å². The van der Waals surface area contributed by atoms with Crippen LogP contribution >= 0.6 is 11.8 Å². The molecular weight excluding hydrogens is 274 g/mol. The summed E-state index contributed by atoms with van der Waals surface area (Å²) in [7, 11) is 0. The lowest BCUT2D eigenvalue weighted by Gasteiger charge is -2.14. The molecule has 0 aliphatic heterocycles. The maximum absolute atomic E-state index is 5.50. The summed E-state index contributed by atoms with van der Waals surface area (Å²) in [6.45, 7) is 7.55. The molecule has 0 saturated heterocycles. The third-order valence-electron chi connectivity index (χ3n) is 2.52. The van der Waals surface area contributed by atoms with Crippen LogP contribution in [-0.2, 0) is 0 Å². The summed E-state index contributed by atoms with van der Waals surface area (Å²) >= 11 is 1.84. The average Bonchev–Trinajstić information content (AvgIpc) is 2.43. The third kappa shape index (κ3) is 6.27. The second kappa shape index (κ2) is 9.63. The first kappa shape index (κ1) is 16.8. The van der Waals surface area contributed by atoms with Crippen molar-refractivity contribution in [3.63, 3.8) is 0 Å². The number of hydrogen-bond acceptors (Lipinski definition) is 7. The van der Waals surface area contributed by atoms with Crippen molar-refractivity contribution in [2.24, 2.45) is 0 Å². The van der Waals surface area contributed by atoms with Crippen LogP contribution in [-0.4, -0.2) is 46.2 Å². The summed E-state index contributed by atoms with van der Waals surface area (Å²) in [5.41, 5.74) is 0. The Morgan fingerprint density at radius 1 is 1.20 bits per heavy atom. The van der Waals surface area contributed by atoms with Gasteiger partial charge in [-0.2, -0.15) is 26.7 Å². The third-order valence-corrected chi connectivity index (χ3v) is 3.16. The van der Waals surface area contributed by atoms with E-state index in [1.807, 2.05) is 18.7 Å². The molecule has 0 saturated carbocycles. The zero-order valence-corrected chi connectivity index (χ0v) is 13.6.